The van der Waals surface area contributed by atoms with E-state index in [1.54, 1.807) is 6.07 Å². The molecule has 2 rings (SSSR count). The zero-order valence-corrected chi connectivity index (χ0v) is 11.2. The highest BCUT2D eigenvalue weighted by molar-refractivity contribution is 5.84. The molecule has 1 amide bonds. The van der Waals surface area contributed by atoms with Crippen LogP contribution in [0.5, 0.6) is 5.75 Å². The molecule has 0 aromatic heterocycles. The minimum atomic E-state index is -1.13. The molecule has 7 heteroatoms. The zero-order valence-electron chi connectivity index (χ0n) is 11.2. The van der Waals surface area contributed by atoms with Crippen molar-refractivity contribution in [1.82, 2.24) is 4.90 Å². The summed E-state index contributed by atoms with van der Waals surface area (Å²) in [6, 6.07) is 4.53. The second kappa shape index (κ2) is 6.53. The summed E-state index contributed by atoms with van der Waals surface area (Å²) in [6.45, 7) is 0.0248. The number of hydrogen-bond acceptors (Lipinski definition) is 4. The molecular weight excluding hydrogens is 281 g/mol. The fourth-order valence-electron chi connectivity index (χ4n) is 2.28. The van der Waals surface area contributed by atoms with E-state index in [0.29, 0.717) is 5.75 Å². The third kappa shape index (κ3) is 3.91. The van der Waals surface area contributed by atoms with E-state index in [4.69, 9.17) is 9.84 Å². The number of carboxylic acids is 1. The SMILES string of the molecule is O=C(O)[C@@H]1CC(O)CN1C(=O)CCOc1cccc(F)c1. The van der Waals surface area contributed by atoms with Crippen LogP contribution in [0.25, 0.3) is 0 Å². The summed E-state index contributed by atoms with van der Waals surface area (Å²) in [5.74, 6) is -1.67. The molecule has 0 spiro atoms. The molecule has 6 nitrogen and oxygen atoms in total. The number of aliphatic carboxylic acids is 1. The van der Waals surface area contributed by atoms with Gasteiger partial charge < -0.3 is 19.8 Å². The van der Waals surface area contributed by atoms with E-state index in [2.05, 4.69) is 0 Å². The number of nitrogens with zero attached hydrogens (tertiary/aromatic N) is 1. The lowest BCUT2D eigenvalue weighted by Gasteiger charge is -2.21. The predicted octanol–water partition coefficient (Wildman–Crippen LogP) is 0.641. The summed E-state index contributed by atoms with van der Waals surface area (Å²) in [5.41, 5.74) is 0. The summed E-state index contributed by atoms with van der Waals surface area (Å²) in [7, 11) is 0. The maximum Gasteiger partial charge on any atom is 0.326 e. The van der Waals surface area contributed by atoms with Crippen LogP contribution in [0.3, 0.4) is 0 Å². The number of benzene rings is 1. The van der Waals surface area contributed by atoms with Crippen molar-refractivity contribution in [2.24, 2.45) is 0 Å². The Labute approximate surface area is 120 Å². The predicted molar refractivity (Wildman–Crippen MR) is 70.3 cm³/mol. The molecule has 0 radical (unpaired) electrons. The largest absolute Gasteiger partial charge is 0.493 e. The van der Waals surface area contributed by atoms with E-state index in [0.717, 1.165) is 4.90 Å². The Balaban J connectivity index is 1.85. The van der Waals surface area contributed by atoms with Crippen molar-refractivity contribution in [3.8, 4) is 5.75 Å². The Morgan fingerprint density at radius 2 is 2.19 bits per heavy atom. The summed E-state index contributed by atoms with van der Waals surface area (Å²) in [6.07, 6.45) is -0.821. The quantitative estimate of drug-likeness (QED) is 0.833. The lowest BCUT2D eigenvalue weighted by atomic mass is 10.2. The van der Waals surface area contributed by atoms with Crippen LogP contribution in [0.4, 0.5) is 4.39 Å². The average molecular weight is 297 g/mol. The smallest absolute Gasteiger partial charge is 0.326 e. The molecule has 0 aliphatic carbocycles. The first-order chi connectivity index (χ1) is 9.97. The number of aliphatic hydroxyl groups excluding tert-OH is 1. The Morgan fingerprint density at radius 3 is 2.86 bits per heavy atom. The molecule has 21 heavy (non-hydrogen) atoms. The molecule has 0 bridgehead atoms. The van der Waals surface area contributed by atoms with E-state index in [-0.39, 0.29) is 26.0 Å². The summed E-state index contributed by atoms with van der Waals surface area (Å²) in [5, 5.41) is 18.5. The van der Waals surface area contributed by atoms with Crippen LogP contribution in [0, 0.1) is 5.82 Å². The number of hydrogen-bond donors (Lipinski definition) is 2. The molecule has 114 valence electrons. The fraction of sp³-hybridized carbons (Fsp3) is 0.429. The molecular formula is C14H16FNO5. The van der Waals surface area contributed by atoms with Gasteiger partial charge in [-0.3, -0.25) is 4.79 Å². The Hall–Kier alpha value is -2.15. The van der Waals surface area contributed by atoms with Gasteiger partial charge in [-0.1, -0.05) is 6.07 Å². The maximum absolute atomic E-state index is 12.9. The fourth-order valence-corrected chi connectivity index (χ4v) is 2.28. The van der Waals surface area contributed by atoms with Crippen molar-refractivity contribution in [1.29, 1.82) is 0 Å². The first-order valence-corrected chi connectivity index (χ1v) is 6.56. The maximum atomic E-state index is 12.9. The third-order valence-corrected chi connectivity index (χ3v) is 3.27. The number of halogens is 1. The van der Waals surface area contributed by atoms with E-state index >= 15 is 0 Å². The standard InChI is InChI=1S/C14H16FNO5/c15-9-2-1-3-11(6-9)21-5-4-13(18)16-8-10(17)7-12(16)14(19)20/h1-3,6,10,12,17H,4-5,7-8H2,(H,19,20)/t10?,12-/m0/s1. The van der Waals surface area contributed by atoms with Gasteiger partial charge in [0, 0.05) is 19.0 Å². The van der Waals surface area contributed by atoms with Crippen molar-refractivity contribution in [2.45, 2.75) is 25.0 Å². The Kier molecular flexibility index (Phi) is 4.74. The summed E-state index contributed by atoms with van der Waals surface area (Å²) >= 11 is 0. The molecule has 1 fully saturated rings. The Bertz CT molecular complexity index is 536. The number of carboxylic acid groups (broad SMARTS) is 1. The van der Waals surface area contributed by atoms with Crippen molar-refractivity contribution in [3.63, 3.8) is 0 Å². The number of β-amino-alcohol motifs (C(OH)–C–C–N with tert-alkyl or cyclic N) is 1. The molecule has 1 aliphatic heterocycles. The Morgan fingerprint density at radius 1 is 1.43 bits per heavy atom. The minimum absolute atomic E-state index is 0.00969. The minimum Gasteiger partial charge on any atom is -0.493 e. The van der Waals surface area contributed by atoms with Gasteiger partial charge in [-0.25, -0.2) is 9.18 Å². The van der Waals surface area contributed by atoms with E-state index in [9.17, 15) is 19.1 Å². The number of aliphatic hydroxyl groups is 1. The van der Waals surface area contributed by atoms with E-state index < -0.39 is 29.8 Å². The van der Waals surface area contributed by atoms with Gasteiger partial charge in [0.1, 0.15) is 17.6 Å². The van der Waals surface area contributed by atoms with Gasteiger partial charge >= 0.3 is 5.97 Å². The van der Waals surface area contributed by atoms with Crippen molar-refractivity contribution in [2.75, 3.05) is 13.2 Å². The van der Waals surface area contributed by atoms with Crippen molar-refractivity contribution < 1.29 is 28.9 Å². The van der Waals surface area contributed by atoms with Gasteiger partial charge in [-0.05, 0) is 12.1 Å². The van der Waals surface area contributed by atoms with E-state index in [1.807, 2.05) is 0 Å². The van der Waals surface area contributed by atoms with Crippen LogP contribution < -0.4 is 4.74 Å². The average Bonchev–Trinajstić information content (AvgIpc) is 2.81. The van der Waals surface area contributed by atoms with Crippen LogP contribution in [-0.2, 0) is 9.59 Å². The van der Waals surface area contributed by atoms with Crippen LogP contribution >= 0.6 is 0 Å². The number of carbonyl (C=O) groups is 2. The lowest BCUT2D eigenvalue weighted by Crippen LogP contribution is -2.41. The molecule has 2 atom stereocenters. The van der Waals surface area contributed by atoms with Crippen LogP contribution in [0.2, 0.25) is 0 Å². The van der Waals surface area contributed by atoms with E-state index in [1.165, 1.54) is 18.2 Å². The number of likely N-dealkylation sites (tertiary alicyclic amines) is 1. The summed E-state index contributed by atoms with van der Waals surface area (Å²) in [4.78, 5) is 24.1. The van der Waals surface area contributed by atoms with Gasteiger partial charge in [0.15, 0.2) is 0 Å². The van der Waals surface area contributed by atoms with Crippen molar-refractivity contribution >= 4 is 11.9 Å². The van der Waals surface area contributed by atoms with Crippen molar-refractivity contribution in [3.05, 3.63) is 30.1 Å². The van der Waals surface area contributed by atoms with Gasteiger partial charge in [0.05, 0.1) is 19.1 Å². The van der Waals surface area contributed by atoms with Crippen LogP contribution in [-0.4, -0.2) is 52.3 Å². The summed E-state index contributed by atoms with van der Waals surface area (Å²) < 4.78 is 18.2. The number of ether oxygens (including phenoxy) is 1. The lowest BCUT2D eigenvalue weighted by molar-refractivity contribution is -0.148. The van der Waals surface area contributed by atoms with Gasteiger partial charge in [0.2, 0.25) is 5.91 Å². The molecule has 1 aliphatic rings. The highest BCUT2D eigenvalue weighted by Crippen LogP contribution is 2.19. The molecule has 1 unspecified atom stereocenters. The van der Waals surface area contributed by atoms with Gasteiger partial charge in [-0.2, -0.15) is 0 Å². The zero-order chi connectivity index (χ0) is 15.4. The number of rotatable bonds is 5. The monoisotopic (exact) mass is 297 g/mol. The molecule has 1 heterocycles. The first-order valence-electron chi connectivity index (χ1n) is 6.56. The number of amides is 1. The second-order valence-corrected chi connectivity index (χ2v) is 4.85. The molecule has 1 saturated heterocycles. The highest BCUT2D eigenvalue weighted by atomic mass is 19.1. The topological polar surface area (TPSA) is 87.1 Å². The molecule has 1 aromatic carbocycles. The third-order valence-electron chi connectivity index (χ3n) is 3.27. The normalized spacial score (nSPS) is 21.3. The van der Waals surface area contributed by atoms with Gasteiger partial charge in [-0.15, -0.1) is 0 Å². The molecule has 2 N–H and O–H groups in total. The van der Waals surface area contributed by atoms with Crippen LogP contribution in [0.15, 0.2) is 24.3 Å². The molecule has 0 saturated carbocycles. The molecule has 1 aromatic rings. The van der Waals surface area contributed by atoms with Crippen LogP contribution in [0.1, 0.15) is 12.8 Å². The highest BCUT2D eigenvalue weighted by Gasteiger charge is 2.38. The number of carbonyl (C=O) groups excluding carboxylic acids is 1. The van der Waals surface area contributed by atoms with Gasteiger partial charge in [0.25, 0.3) is 0 Å². The second-order valence-electron chi connectivity index (χ2n) is 4.85. The first kappa shape index (κ1) is 15.2.